The molecule has 4 rings (SSSR count). The molecule has 2 fully saturated rings. The minimum absolute atomic E-state index is 0.0591. The fourth-order valence-corrected chi connectivity index (χ4v) is 3.85. The Morgan fingerprint density at radius 1 is 1.10 bits per heavy atom. The number of likely N-dealkylation sites (tertiary alicyclic amines) is 1. The Labute approximate surface area is 168 Å². The van der Waals surface area contributed by atoms with Crippen molar-refractivity contribution in [2.45, 2.75) is 18.9 Å². The summed E-state index contributed by atoms with van der Waals surface area (Å²) >= 11 is 0. The summed E-state index contributed by atoms with van der Waals surface area (Å²) in [6.45, 7) is 1.13. The van der Waals surface area contributed by atoms with Gasteiger partial charge in [0, 0.05) is 37.0 Å². The number of methoxy groups -OCH3 is 1. The molecule has 150 valence electrons. The fraction of sp³-hybridized carbons (Fsp3) is 0.333. The van der Waals surface area contributed by atoms with Gasteiger partial charge >= 0.3 is 6.03 Å². The van der Waals surface area contributed by atoms with Gasteiger partial charge in [0.05, 0.1) is 12.8 Å². The van der Waals surface area contributed by atoms with E-state index >= 15 is 0 Å². The van der Waals surface area contributed by atoms with Crippen molar-refractivity contribution in [1.82, 2.24) is 14.8 Å². The molecule has 0 aliphatic carbocycles. The molecule has 3 heterocycles. The van der Waals surface area contributed by atoms with E-state index in [9.17, 15) is 14.4 Å². The number of hydrogen-bond donors (Lipinski definition) is 0. The molecule has 0 saturated carbocycles. The summed E-state index contributed by atoms with van der Waals surface area (Å²) < 4.78 is 5.08. The normalized spacial score (nSPS) is 17.8. The lowest BCUT2D eigenvalue weighted by Crippen LogP contribution is -2.48. The second-order valence-electron chi connectivity index (χ2n) is 7.09. The zero-order valence-corrected chi connectivity index (χ0v) is 16.2. The predicted octanol–water partition coefficient (Wildman–Crippen LogP) is 2.16. The number of piperidine rings is 1. The summed E-state index contributed by atoms with van der Waals surface area (Å²) in [5, 5.41) is 0. The van der Waals surface area contributed by atoms with Crippen molar-refractivity contribution in [3.8, 4) is 5.88 Å². The quantitative estimate of drug-likeness (QED) is 0.742. The summed E-state index contributed by atoms with van der Waals surface area (Å²) in [4.78, 5) is 46.7. The molecule has 0 atom stereocenters. The first-order valence-corrected chi connectivity index (χ1v) is 9.56. The molecule has 4 amide bonds. The minimum atomic E-state index is -0.287. The molecule has 0 N–H and O–H groups in total. The SMILES string of the molecule is COc1cc(C(=O)N2CCC(N3CC(=O)N(c4ccccc4)C3=O)CC2)ccn1. The number of carbonyl (C=O) groups excluding carboxylic acids is 3. The highest BCUT2D eigenvalue weighted by atomic mass is 16.5. The predicted molar refractivity (Wildman–Crippen MR) is 106 cm³/mol. The number of amides is 4. The lowest BCUT2D eigenvalue weighted by Gasteiger charge is -2.36. The van der Waals surface area contributed by atoms with E-state index < -0.39 is 0 Å². The highest BCUT2D eigenvalue weighted by Gasteiger charge is 2.41. The van der Waals surface area contributed by atoms with Gasteiger partial charge in [-0.25, -0.2) is 14.7 Å². The van der Waals surface area contributed by atoms with Crippen LogP contribution in [0.4, 0.5) is 10.5 Å². The number of anilines is 1. The first kappa shape index (κ1) is 18.9. The summed E-state index contributed by atoms with van der Waals surface area (Å²) in [5.41, 5.74) is 1.11. The Hall–Kier alpha value is -3.42. The van der Waals surface area contributed by atoms with Gasteiger partial charge in [-0.1, -0.05) is 18.2 Å². The van der Waals surface area contributed by atoms with Crippen LogP contribution in [0, 0.1) is 0 Å². The molecule has 2 saturated heterocycles. The number of carbonyl (C=O) groups is 3. The third-order valence-corrected chi connectivity index (χ3v) is 5.39. The van der Waals surface area contributed by atoms with E-state index in [4.69, 9.17) is 4.74 Å². The maximum absolute atomic E-state index is 12.9. The Morgan fingerprint density at radius 3 is 2.52 bits per heavy atom. The highest BCUT2D eigenvalue weighted by molar-refractivity contribution is 6.19. The number of imide groups is 1. The topological polar surface area (TPSA) is 83.0 Å². The van der Waals surface area contributed by atoms with Crippen LogP contribution >= 0.6 is 0 Å². The lowest BCUT2D eigenvalue weighted by atomic mass is 10.0. The Morgan fingerprint density at radius 2 is 1.83 bits per heavy atom. The van der Waals surface area contributed by atoms with E-state index in [2.05, 4.69) is 4.98 Å². The average Bonchev–Trinajstić information content (AvgIpc) is 3.07. The average molecular weight is 394 g/mol. The number of ether oxygens (including phenoxy) is 1. The van der Waals surface area contributed by atoms with E-state index in [1.165, 1.54) is 12.0 Å². The van der Waals surface area contributed by atoms with Crippen molar-refractivity contribution in [3.05, 3.63) is 54.2 Å². The van der Waals surface area contributed by atoms with Crippen LogP contribution in [0.3, 0.4) is 0 Å². The molecular formula is C21H22N4O4. The Bertz CT molecular complexity index is 925. The van der Waals surface area contributed by atoms with Gasteiger partial charge in [0.25, 0.3) is 11.8 Å². The van der Waals surface area contributed by atoms with Gasteiger partial charge in [-0.3, -0.25) is 9.59 Å². The van der Waals surface area contributed by atoms with Crippen LogP contribution in [0.2, 0.25) is 0 Å². The molecular weight excluding hydrogens is 372 g/mol. The summed E-state index contributed by atoms with van der Waals surface area (Å²) in [7, 11) is 1.51. The van der Waals surface area contributed by atoms with E-state index in [-0.39, 0.29) is 30.4 Å². The van der Waals surface area contributed by atoms with Crippen LogP contribution in [0.25, 0.3) is 0 Å². The van der Waals surface area contributed by atoms with Crippen LogP contribution < -0.4 is 9.64 Å². The van der Waals surface area contributed by atoms with Gasteiger partial charge in [0.1, 0.15) is 6.54 Å². The first-order chi connectivity index (χ1) is 14.1. The molecule has 2 aliphatic heterocycles. The van der Waals surface area contributed by atoms with Crippen molar-refractivity contribution in [2.75, 3.05) is 31.6 Å². The number of urea groups is 1. The summed E-state index contributed by atoms with van der Waals surface area (Å²) in [5.74, 6) is 0.0930. The van der Waals surface area contributed by atoms with Gasteiger partial charge < -0.3 is 14.5 Å². The zero-order chi connectivity index (χ0) is 20.4. The van der Waals surface area contributed by atoms with E-state index in [1.54, 1.807) is 52.4 Å². The van der Waals surface area contributed by atoms with Gasteiger partial charge in [-0.05, 0) is 31.0 Å². The van der Waals surface area contributed by atoms with Gasteiger partial charge in [-0.2, -0.15) is 0 Å². The molecule has 0 radical (unpaired) electrons. The van der Waals surface area contributed by atoms with Crippen LogP contribution in [0.1, 0.15) is 23.2 Å². The maximum Gasteiger partial charge on any atom is 0.332 e. The number of benzene rings is 1. The summed E-state index contributed by atoms with van der Waals surface area (Å²) in [6.07, 6.45) is 2.82. The molecule has 2 aliphatic rings. The second-order valence-corrected chi connectivity index (χ2v) is 7.09. The van der Waals surface area contributed by atoms with Crippen LogP contribution in [-0.2, 0) is 4.79 Å². The molecule has 8 nitrogen and oxygen atoms in total. The van der Waals surface area contributed by atoms with Gasteiger partial charge in [-0.15, -0.1) is 0 Å². The van der Waals surface area contributed by atoms with Crippen LogP contribution in [0.5, 0.6) is 5.88 Å². The third-order valence-electron chi connectivity index (χ3n) is 5.39. The van der Waals surface area contributed by atoms with Crippen molar-refractivity contribution >= 4 is 23.5 Å². The van der Waals surface area contributed by atoms with E-state index in [0.717, 1.165) is 0 Å². The molecule has 0 unspecified atom stereocenters. The number of para-hydroxylation sites is 1. The minimum Gasteiger partial charge on any atom is -0.481 e. The van der Waals surface area contributed by atoms with Crippen molar-refractivity contribution < 1.29 is 19.1 Å². The van der Waals surface area contributed by atoms with E-state index in [0.29, 0.717) is 43.1 Å². The van der Waals surface area contributed by atoms with E-state index in [1.807, 2.05) is 6.07 Å². The third kappa shape index (κ3) is 3.65. The molecule has 29 heavy (non-hydrogen) atoms. The van der Waals surface area contributed by atoms with Gasteiger partial charge in [0.2, 0.25) is 5.88 Å². The maximum atomic E-state index is 12.9. The second kappa shape index (κ2) is 7.90. The number of aromatic nitrogens is 1. The molecule has 0 spiro atoms. The summed E-state index contributed by atoms with van der Waals surface area (Å²) in [6, 6.07) is 11.9. The Kier molecular flexibility index (Phi) is 5.16. The first-order valence-electron chi connectivity index (χ1n) is 9.56. The van der Waals surface area contributed by atoms with Gasteiger partial charge in [0.15, 0.2) is 0 Å². The van der Waals surface area contributed by atoms with Crippen LogP contribution in [0.15, 0.2) is 48.7 Å². The number of nitrogens with zero attached hydrogens (tertiary/aromatic N) is 4. The molecule has 8 heteroatoms. The zero-order valence-electron chi connectivity index (χ0n) is 16.2. The fourth-order valence-electron chi connectivity index (χ4n) is 3.85. The monoisotopic (exact) mass is 394 g/mol. The lowest BCUT2D eigenvalue weighted by molar-refractivity contribution is -0.116. The molecule has 1 aromatic heterocycles. The van der Waals surface area contributed by atoms with Crippen molar-refractivity contribution in [1.29, 1.82) is 0 Å². The van der Waals surface area contributed by atoms with Crippen molar-refractivity contribution in [2.24, 2.45) is 0 Å². The smallest absolute Gasteiger partial charge is 0.332 e. The Balaban J connectivity index is 1.40. The molecule has 0 bridgehead atoms. The van der Waals surface area contributed by atoms with Crippen molar-refractivity contribution in [3.63, 3.8) is 0 Å². The molecule has 1 aromatic carbocycles. The number of pyridine rings is 1. The molecule has 2 aromatic rings. The number of rotatable bonds is 4. The van der Waals surface area contributed by atoms with Crippen LogP contribution in [-0.4, -0.2) is 65.4 Å². The standard InChI is InChI=1S/C21H22N4O4/c1-29-18-13-15(7-10-22-18)20(27)23-11-8-16(9-12-23)24-14-19(26)25(21(24)28)17-5-3-2-4-6-17/h2-7,10,13,16H,8-9,11-12,14H2,1H3. The number of hydrogen-bond acceptors (Lipinski definition) is 5. The largest absolute Gasteiger partial charge is 0.481 e. The highest BCUT2D eigenvalue weighted by Crippen LogP contribution is 2.26.